The molecule has 2 atom stereocenters. The number of hydrogen-bond donors (Lipinski definition) is 1. The zero-order chi connectivity index (χ0) is 15.8. The van der Waals surface area contributed by atoms with E-state index in [-0.39, 0.29) is 11.8 Å². The fraction of sp³-hybridized carbons (Fsp3) is 0.529. The van der Waals surface area contributed by atoms with E-state index in [2.05, 4.69) is 6.92 Å². The minimum Gasteiger partial charge on any atom is -0.480 e. The molecule has 0 aliphatic heterocycles. The van der Waals surface area contributed by atoms with Crippen molar-refractivity contribution in [3.63, 3.8) is 0 Å². The van der Waals surface area contributed by atoms with Gasteiger partial charge in [-0.05, 0) is 11.5 Å². The van der Waals surface area contributed by atoms with E-state index in [0.717, 1.165) is 18.4 Å². The van der Waals surface area contributed by atoms with Gasteiger partial charge in [-0.15, -0.1) is 0 Å². The number of carboxylic acid groups (broad SMARTS) is 1. The summed E-state index contributed by atoms with van der Waals surface area (Å²) >= 11 is 0. The Morgan fingerprint density at radius 2 is 1.86 bits per heavy atom. The van der Waals surface area contributed by atoms with E-state index in [1.54, 1.807) is 7.05 Å². The minimum atomic E-state index is -0.960. The first-order valence-corrected chi connectivity index (χ1v) is 7.48. The normalized spacial score (nSPS) is 13.5. The highest BCUT2D eigenvalue weighted by molar-refractivity contribution is 5.83. The number of hydrogen-bond acceptors (Lipinski definition) is 2. The lowest BCUT2D eigenvalue weighted by Crippen LogP contribution is -2.44. The topological polar surface area (TPSA) is 57.6 Å². The maximum atomic E-state index is 12.2. The third kappa shape index (κ3) is 5.58. The quantitative estimate of drug-likeness (QED) is 0.801. The molecule has 0 aromatic heterocycles. The lowest BCUT2D eigenvalue weighted by Gasteiger charge is -2.26. The number of rotatable bonds is 8. The second-order valence-corrected chi connectivity index (χ2v) is 5.65. The molecule has 2 unspecified atom stereocenters. The molecule has 116 valence electrons. The molecule has 1 N–H and O–H groups in total. The predicted molar refractivity (Wildman–Crippen MR) is 83.0 cm³/mol. The maximum Gasteiger partial charge on any atom is 0.326 e. The van der Waals surface area contributed by atoms with Crippen molar-refractivity contribution >= 4 is 11.9 Å². The summed E-state index contributed by atoms with van der Waals surface area (Å²) in [6.07, 6.45) is 2.75. The third-order valence-corrected chi connectivity index (χ3v) is 3.72. The summed E-state index contributed by atoms with van der Waals surface area (Å²) in [5.41, 5.74) is 0.922. The van der Waals surface area contributed by atoms with Crippen LogP contribution in [0.5, 0.6) is 0 Å². The summed E-state index contributed by atoms with van der Waals surface area (Å²) in [5.74, 6) is -0.770. The Bertz CT molecular complexity index is 458. The van der Waals surface area contributed by atoms with Gasteiger partial charge in [0.25, 0.3) is 0 Å². The Kier molecular flexibility index (Phi) is 6.92. The van der Waals surface area contributed by atoms with Crippen LogP contribution >= 0.6 is 0 Å². The molecule has 0 radical (unpaired) electrons. The van der Waals surface area contributed by atoms with Crippen LogP contribution in [0.25, 0.3) is 0 Å². The van der Waals surface area contributed by atoms with Crippen LogP contribution in [0.4, 0.5) is 0 Å². The molecule has 0 fully saturated rings. The molecular formula is C17H25NO3. The van der Waals surface area contributed by atoms with Gasteiger partial charge in [-0.2, -0.15) is 0 Å². The number of nitrogens with zero attached hydrogens (tertiary/aromatic N) is 1. The van der Waals surface area contributed by atoms with Crippen molar-refractivity contribution in [1.82, 2.24) is 4.90 Å². The number of carbonyl (C=O) groups is 2. The molecule has 0 saturated heterocycles. The average Bonchev–Trinajstić information content (AvgIpc) is 2.45. The Hall–Kier alpha value is -1.84. The van der Waals surface area contributed by atoms with Gasteiger partial charge in [-0.1, -0.05) is 57.0 Å². The van der Waals surface area contributed by atoms with Crippen LogP contribution in [0, 0.1) is 5.92 Å². The van der Waals surface area contributed by atoms with E-state index < -0.39 is 12.0 Å². The summed E-state index contributed by atoms with van der Waals surface area (Å²) < 4.78 is 0. The predicted octanol–water partition coefficient (Wildman–Crippen LogP) is 2.97. The fourth-order valence-corrected chi connectivity index (χ4v) is 2.44. The zero-order valence-electron chi connectivity index (χ0n) is 13.1. The first-order chi connectivity index (χ1) is 9.95. The molecule has 1 rings (SSSR count). The molecule has 1 aromatic rings. The van der Waals surface area contributed by atoms with Crippen LogP contribution < -0.4 is 0 Å². The van der Waals surface area contributed by atoms with Gasteiger partial charge in [0.15, 0.2) is 0 Å². The minimum absolute atomic E-state index is 0.0979. The third-order valence-electron chi connectivity index (χ3n) is 3.72. The number of carbonyl (C=O) groups excluding carboxylic acids is 1. The van der Waals surface area contributed by atoms with Crippen LogP contribution in [0.1, 0.15) is 38.7 Å². The van der Waals surface area contributed by atoms with Gasteiger partial charge in [0, 0.05) is 19.9 Å². The van der Waals surface area contributed by atoms with Crippen molar-refractivity contribution in [2.24, 2.45) is 5.92 Å². The molecule has 0 spiro atoms. The molecule has 0 saturated carbocycles. The van der Waals surface area contributed by atoms with Crippen LogP contribution in [0.3, 0.4) is 0 Å². The van der Waals surface area contributed by atoms with E-state index >= 15 is 0 Å². The van der Waals surface area contributed by atoms with Crippen molar-refractivity contribution in [2.45, 2.75) is 45.6 Å². The highest BCUT2D eigenvalue weighted by Crippen LogP contribution is 2.15. The van der Waals surface area contributed by atoms with Gasteiger partial charge in [0.05, 0.1) is 0 Å². The molecule has 0 bridgehead atoms. The highest BCUT2D eigenvalue weighted by Gasteiger charge is 2.27. The van der Waals surface area contributed by atoms with Crippen molar-refractivity contribution in [3.05, 3.63) is 35.9 Å². The largest absolute Gasteiger partial charge is 0.480 e. The summed E-state index contributed by atoms with van der Waals surface area (Å²) in [4.78, 5) is 25.1. The molecule has 1 aromatic carbocycles. The maximum absolute atomic E-state index is 12.2. The summed E-state index contributed by atoms with van der Waals surface area (Å²) in [6.45, 7) is 4.11. The van der Waals surface area contributed by atoms with E-state index in [9.17, 15) is 14.7 Å². The number of likely N-dealkylation sites (N-methyl/N-ethyl adjacent to an activating group) is 1. The van der Waals surface area contributed by atoms with Gasteiger partial charge in [-0.3, -0.25) is 4.79 Å². The smallest absolute Gasteiger partial charge is 0.326 e. The SMILES string of the molecule is CCCC(C)CC(=O)N(C)C(Cc1ccccc1)C(=O)O. The molecule has 0 heterocycles. The zero-order valence-corrected chi connectivity index (χ0v) is 13.1. The number of benzene rings is 1. The van der Waals surface area contributed by atoms with Gasteiger partial charge < -0.3 is 10.0 Å². The van der Waals surface area contributed by atoms with Crippen molar-refractivity contribution in [3.8, 4) is 0 Å². The van der Waals surface area contributed by atoms with Crippen LogP contribution in [-0.2, 0) is 16.0 Å². The molecule has 4 heteroatoms. The molecule has 0 aliphatic rings. The number of carboxylic acids is 1. The van der Waals surface area contributed by atoms with Crippen LogP contribution in [0.15, 0.2) is 30.3 Å². The summed E-state index contributed by atoms with van der Waals surface area (Å²) in [7, 11) is 1.59. The molecule has 21 heavy (non-hydrogen) atoms. The fourth-order valence-electron chi connectivity index (χ4n) is 2.44. The highest BCUT2D eigenvalue weighted by atomic mass is 16.4. The van der Waals surface area contributed by atoms with Gasteiger partial charge in [0.2, 0.25) is 5.91 Å². The monoisotopic (exact) mass is 291 g/mol. The van der Waals surface area contributed by atoms with Gasteiger partial charge in [-0.25, -0.2) is 4.79 Å². The molecule has 1 amide bonds. The first kappa shape index (κ1) is 17.2. The Morgan fingerprint density at radius 3 is 2.38 bits per heavy atom. The van der Waals surface area contributed by atoms with E-state index in [0.29, 0.717) is 12.8 Å². The molecule has 0 aliphatic carbocycles. The van der Waals surface area contributed by atoms with E-state index in [4.69, 9.17) is 0 Å². The second kappa shape index (κ2) is 8.45. The van der Waals surface area contributed by atoms with Crippen molar-refractivity contribution in [1.29, 1.82) is 0 Å². The number of aliphatic carboxylic acids is 1. The average molecular weight is 291 g/mol. The lowest BCUT2D eigenvalue weighted by atomic mass is 10.00. The second-order valence-electron chi connectivity index (χ2n) is 5.65. The van der Waals surface area contributed by atoms with Crippen molar-refractivity contribution < 1.29 is 14.7 Å². The van der Waals surface area contributed by atoms with E-state index in [1.807, 2.05) is 37.3 Å². The van der Waals surface area contributed by atoms with Gasteiger partial charge in [0.1, 0.15) is 6.04 Å². The van der Waals surface area contributed by atoms with Crippen LogP contribution in [-0.4, -0.2) is 35.0 Å². The summed E-state index contributed by atoms with van der Waals surface area (Å²) in [5, 5.41) is 9.40. The summed E-state index contributed by atoms with van der Waals surface area (Å²) in [6, 6.07) is 8.59. The standard InChI is InChI=1S/C17H25NO3/c1-4-8-13(2)11-16(19)18(3)15(17(20)21)12-14-9-6-5-7-10-14/h5-7,9-10,13,15H,4,8,11-12H2,1-3H3,(H,20,21). The van der Waals surface area contributed by atoms with E-state index in [1.165, 1.54) is 4.90 Å². The van der Waals surface area contributed by atoms with Crippen molar-refractivity contribution in [2.75, 3.05) is 7.05 Å². The molecular weight excluding hydrogens is 266 g/mol. The first-order valence-electron chi connectivity index (χ1n) is 7.48. The number of amides is 1. The Morgan fingerprint density at radius 1 is 1.24 bits per heavy atom. The Balaban J connectivity index is 2.71. The Labute approximate surface area is 126 Å². The lowest BCUT2D eigenvalue weighted by molar-refractivity contribution is -0.149. The van der Waals surface area contributed by atoms with Gasteiger partial charge >= 0.3 is 5.97 Å². The van der Waals surface area contributed by atoms with Crippen LogP contribution in [0.2, 0.25) is 0 Å². The molecule has 4 nitrogen and oxygen atoms in total.